The highest BCUT2D eigenvalue weighted by atomic mass is 16.2. The van der Waals surface area contributed by atoms with Crippen LogP contribution in [0.1, 0.15) is 45.5 Å². The lowest BCUT2D eigenvalue weighted by Crippen LogP contribution is -2.35. The van der Waals surface area contributed by atoms with Crippen LogP contribution in [0.25, 0.3) is 16.8 Å². The van der Waals surface area contributed by atoms with Gasteiger partial charge in [-0.1, -0.05) is 18.2 Å². The Hall–Kier alpha value is -3.15. The predicted molar refractivity (Wildman–Crippen MR) is 102 cm³/mol. The van der Waals surface area contributed by atoms with Crippen molar-refractivity contribution in [2.24, 2.45) is 0 Å². The SMILES string of the molecule is O=C1NCc2ccc(-c3cccc4c(C(=O)N5CCCCC5)cnn34)cc21. The van der Waals surface area contributed by atoms with Crippen molar-refractivity contribution in [2.45, 2.75) is 25.8 Å². The molecule has 1 fully saturated rings. The van der Waals surface area contributed by atoms with E-state index in [0.29, 0.717) is 17.7 Å². The molecule has 1 saturated heterocycles. The molecular weight excluding hydrogens is 340 g/mol. The second kappa shape index (κ2) is 6.23. The number of carbonyl (C=O) groups is 2. The quantitative estimate of drug-likeness (QED) is 0.764. The van der Waals surface area contributed by atoms with Crippen molar-refractivity contribution < 1.29 is 9.59 Å². The Kier molecular flexibility index (Phi) is 3.70. The van der Waals surface area contributed by atoms with Gasteiger partial charge in [-0.15, -0.1) is 0 Å². The van der Waals surface area contributed by atoms with E-state index in [9.17, 15) is 9.59 Å². The van der Waals surface area contributed by atoms with Gasteiger partial charge in [-0.2, -0.15) is 5.10 Å². The minimum Gasteiger partial charge on any atom is -0.348 e. The number of fused-ring (bicyclic) bond motifs is 2. The molecule has 1 aromatic carbocycles. The molecular formula is C21H20N4O2. The maximum Gasteiger partial charge on any atom is 0.257 e. The molecule has 136 valence electrons. The Bertz CT molecular complexity index is 1060. The molecule has 0 atom stereocenters. The van der Waals surface area contributed by atoms with Gasteiger partial charge in [0.1, 0.15) is 0 Å². The number of carbonyl (C=O) groups excluding carboxylic acids is 2. The molecule has 27 heavy (non-hydrogen) atoms. The Balaban J connectivity index is 1.57. The van der Waals surface area contributed by atoms with E-state index in [-0.39, 0.29) is 11.8 Å². The lowest BCUT2D eigenvalue weighted by Gasteiger charge is -2.26. The molecule has 6 heteroatoms. The number of nitrogens with one attached hydrogen (secondary N) is 1. The zero-order valence-corrected chi connectivity index (χ0v) is 14.9. The molecule has 2 aliphatic rings. The number of aromatic nitrogens is 2. The number of rotatable bonds is 2. The molecule has 0 saturated carbocycles. The van der Waals surface area contributed by atoms with Gasteiger partial charge in [0.05, 0.1) is 23.0 Å². The van der Waals surface area contributed by atoms with E-state index in [4.69, 9.17) is 0 Å². The van der Waals surface area contributed by atoms with E-state index >= 15 is 0 Å². The van der Waals surface area contributed by atoms with E-state index in [1.807, 2.05) is 41.3 Å². The summed E-state index contributed by atoms with van der Waals surface area (Å²) in [6.07, 6.45) is 4.98. The summed E-state index contributed by atoms with van der Waals surface area (Å²) in [5.74, 6) is 0.00985. The van der Waals surface area contributed by atoms with Crippen LogP contribution in [0.4, 0.5) is 0 Å². The lowest BCUT2D eigenvalue weighted by atomic mass is 10.0. The molecule has 6 nitrogen and oxygen atoms in total. The first-order valence-electron chi connectivity index (χ1n) is 9.40. The summed E-state index contributed by atoms with van der Waals surface area (Å²) in [5.41, 5.74) is 4.94. The molecule has 0 unspecified atom stereocenters. The fourth-order valence-corrected chi connectivity index (χ4v) is 4.03. The van der Waals surface area contributed by atoms with Crippen LogP contribution in [-0.4, -0.2) is 39.4 Å². The van der Waals surface area contributed by atoms with Gasteiger partial charge in [0.25, 0.3) is 11.8 Å². The molecule has 2 aliphatic heterocycles. The second-order valence-electron chi connectivity index (χ2n) is 7.17. The number of piperidine rings is 1. The normalized spacial score (nSPS) is 16.4. The van der Waals surface area contributed by atoms with Crippen molar-refractivity contribution in [1.82, 2.24) is 19.8 Å². The first kappa shape index (κ1) is 16.1. The van der Waals surface area contributed by atoms with E-state index in [0.717, 1.165) is 48.3 Å². The molecule has 0 aliphatic carbocycles. The van der Waals surface area contributed by atoms with Crippen molar-refractivity contribution in [3.05, 3.63) is 59.3 Å². The minimum atomic E-state index is -0.0412. The Labute approximate surface area is 156 Å². The zero-order chi connectivity index (χ0) is 18.4. The largest absolute Gasteiger partial charge is 0.348 e. The molecule has 5 rings (SSSR count). The highest BCUT2D eigenvalue weighted by molar-refractivity contribution is 6.01. The molecule has 2 amide bonds. The Morgan fingerprint density at radius 1 is 1.07 bits per heavy atom. The van der Waals surface area contributed by atoms with Crippen LogP contribution in [0.2, 0.25) is 0 Å². The summed E-state index contributed by atoms with van der Waals surface area (Å²) < 4.78 is 1.80. The minimum absolute atomic E-state index is 0.0412. The van der Waals surface area contributed by atoms with E-state index < -0.39 is 0 Å². The zero-order valence-electron chi connectivity index (χ0n) is 14.9. The van der Waals surface area contributed by atoms with E-state index in [2.05, 4.69) is 10.4 Å². The van der Waals surface area contributed by atoms with E-state index in [1.54, 1.807) is 10.7 Å². The number of hydrogen-bond donors (Lipinski definition) is 1. The van der Waals surface area contributed by atoms with Crippen molar-refractivity contribution in [3.8, 4) is 11.3 Å². The highest BCUT2D eigenvalue weighted by Crippen LogP contribution is 2.27. The van der Waals surface area contributed by atoms with Gasteiger partial charge in [-0.25, -0.2) is 4.52 Å². The highest BCUT2D eigenvalue weighted by Gasteiger charge is 2.23. The molecule has 0 spiro atoms. The third kappa shape index (κ3) is 2.60. The van der Waals surface area contributed by atoms with Gasteiger partial charge in [0.15, 0.2) is 0 Å². The van der Waals surface area contributed by atoms with Gasteiger partial charge >= 0.3 is 0 Å². The van der Waals surface area contributed by atoms with Gasteiger partial charge < -0.3 is 10.2 Å². The summed E-state index contributed by atoms with van der Waals surface area (Å²) in [7, 11) is 0. The van der Waals surface area contributed by atoms with Crippen LogP contribution < -0.4 is 5.32 Å². The molecule has 1 N–H and O–H groups in total. The molecule has 0 bridgehead atoms. The number of hydrogen-bond acceptors (Lipinski definition) is 3. The third-order valence-electron chi connectivity index (χ3n) is 5.51. The smallest absolute Gasteiger partial charge is 0.257 e. The Morgan fingerprint density at radius 2 is 1.93 bits per heavy atom. The molecule has 4 heterocycles. The average molecular weight is 360 g/mol. The third-order valence-corrected chi connectivity index (χ3v) is 5.51. The molecule has 2 aromatic heterocycles. The number of amides is 2. The van der Waals surface area contributed by atoms with Gasteiger partial charge in [-0.3, -0.25) is 9.59 Å². The van der Waals surface area contributed by atoms with Crippen molar-refractivity contribution in [2.75, 3.05) is 13.1 Å². The predicted octanol–water partition coefficient (Wildman–Crippen LogP) is 2.87. The van der Waals surface area contributed by atoms with Crippen LogP contribution in [-0.2, 0) is 6.54 Å². The van der Waals surface area contributed by atoms with Crippen LogP contribution in [0.5, 0.6) is 0 Å². The van der Waals surface area contributed by atoms with Crippen LogP contribution in [0.3, 0.4) is 0 Å². The monoisotopic (exact) mass is 360 g/mol. The van der Waals surface area contributed by atoms with Crippen molar-refractivity contribution >= 4 is 17.3 Å². The summed E-state index contributed by atoms with van der Waals surface area (Å²) in [5, 5.41) is 7.34. The maximum absolute atomic E-state index is 12.9. The fraction of sp³-hybridized carbons (Fsp3) is 0.286. The number of pyridine rings is 1. The second-order valence-corrected chi connectivity index (χ2v) is 7.17. The molecule has 0 radical (unpaired) electrons. The fourth-order valence-electron chi connectivity index (χ4n) is 4.03. The Morgan fingerprint density at radius 3 is 2.78 bits per heavy atom. The van der Waals surface area contributed by atoms with Crippen molar-refractivity contribution in [1.29, 1.82) is 0 Å². The summed E-state index contributed by atoms with van der Waals surface area (Å²) in [4.78, 5) is 26.9. The van der Waals surface area contributed by atoms with Crippen LogP contribution in [0, 0.1) is 0 Å². The topological polar surface area (TPSA) is 66.7 Å². The summed E-state index contributed by atoms with van der Waals surface area (Å²) in [6, 6.07) is 11.7. The van der Waals surface area contributed by atoms with Crippen LogP contribution >= 0.6 is 0 Å². The van der Waals surface area contributed by atoms with E-state index in [1.165, 1.54) is 6.42 Å². The average Bonchev–Trinajstić information content (AvgIpc) is 3.31. The summed E-state index contributed by atoms with van der Waals surface area (Å²) >= 11 is 0. The van der Waals surface area contributed by atoms with Crippen molar-refractivity contribution in [3.63, 3.8) is 0 Å². The first-order chi connectivity index (χ1) is 13.2. The number of nitrogens with zero attached hydrogens (tertiary/aromatic N) is 3. The maximum atomic E-state index is 12.9. The molecule has 3 aromatic rings. The summed E-state index contributed by atoms with van der Waals surface area (Å²) in [6.45, 7) is 2.21. The number of likely N-dealkylation sites (tertiary alicyclic amines) is 1. The number of benzene rings is 1. The lowest BCUT2D eigenvalue weighted by molar-refractivity contribution is 0.0726. The van der Waals surface area contributed by atoms with Gasteiger partial charge in [0.2, 0.25) is 0 Å². The van der Waals surface area contributed by atoms with Crippen LogP contribution in [0.15, 0.2) is 42.6 Å². The van der Waals surface area contributed by atoms with Gasteiger partial charge in [0, 0.05) is 30.8 Å². The standard InChI is InChI=1S/C21H20N4O2/c26-20-16-11-14(7-8-15(16)12-22-20)18-5-4-6-19-17(13-23-25(18)19)21(27)24-9-2-1-3-10-24/h4-8,11,13H,1-3,9-10,12H2,(H,22,26). The van der Waals surface area contributed by atoms with Gasteiger partial charge in [-0.05, 0) is 43.0 Å². The first-order valence-corrected chi connectivity index (χ1v) is 9.40.